The Morgan fingerprint density at radius 1 is 1.21 bits per heavy atom. The smallest absolute Gasteiger partial charge is 0.312 e. The number of hydrogen-bond acceptors (Lipinski definition) is 5. The molecule has 0 spiro atoms. The third kappa shape index (κ3) is 2.30. The first-order chi connectivity index (χ1) is 9.22. The third-order valence-corrected chi connectivity index (χ3v) is 2.70. The van der Waals surface area contributed by atoms with E-state index in [1.807, 2.05) is 24.3 Å². The summed E-state index contributed by atoms with van der Waals surface area (Å²) in [7, 11) is 0. The Bertz CT molecular complexity index is 706. The van der Waals surface area contributed by atoms with Gasteiger partial charge in [-0.25, -0.2) is 4.98 Å². The molecule has 2 aromatic heterocycles. The van der Waals surface area contributed by atoms with E-state index in [9.17, 15) is 4.39 Å². The van der Waals surface area contributed by atoms with Crippen LogP contribution in [0.15, 0.2) is 30.6 Å². The molecule has 7 heteroatoms. The minimum Gasteiger partial charge on any atom is -0.399 e. The number of benzene rings is 1. The highest BCUT2D eigenvalue weighted by Crippen LogP contribution is 2.17. The first kappa shape index (κ1) is 11.4. The first-order valence-corrected chi connectivity index (χ1v) is 5.67. The fourth-order valence-electron chi connectivity index (χ4n) is 1.76. The van der Waals surface area contributed by atoms with Gasteiger partial charge in [0.05, 0.1) is 6.33 Å². The van der Waals surface area contributed by atoms with Crippen molar-refractivity contribution in [2.24, 2.45) is 0 Å². The van der Waals surface area contributed by atoms with Crippen molar-refractivity contribution in [2.45, 2.75) is 6.54 Å². The lowest BCUT2D eigenvalue weighted by molar-refractivity contribution is 0.545. The van der Waals surface area contributed by atoms with Gasteiger partial charge in [0.15, 0.2) is 11.5 Å². The van der Waals surface area contributed by atoms with Gasteiger partial charge in [-0.15, -0.1) is 0 Å². The van der Waals surface area contributed by atoms with Crippen LogP contribution in [0.25, 0.3) is 11.2 Å². The Morgan fingerprint density at radius 2 is 2.00 bits per heavy atom. The van der Waals surface area contributed by atoms with E-state index in [1.54, 1.807) is 0 Å². The molecule has 19 heavy (non-hydrogen) atoms. The maximum Gasteiger partial charge on any atom is 0.312 e. The minimum absolute atomic E-state index is 0.298. The Kier molecular flexibility index (Phi) is 2.71. The number of anilines is 2. The molecule has 0 bridgehead atoms. The number of aromatic amines is 1. The van der Waals surface area contributed by atoms with Crippen LogP contribution in [0.2, 0.25) is 0 Å². The van der Waals surface area contributed by atoms with Gasteiger partial charge in [0.25, 0.3) is 0 Å². The number of fused-ring (bicyclic) bond motifs is 1. The summed E-state index contributed by atoms with van der Waals surface area (Å²) in [6, 6.07) is 7.40. The van der Waals surface area contributed by atoms with Gasteiger partial charge in [0.2, 0.25) is 0 Å². The number of imidazole rings is 1. The molecule has 96 valence electrons. The first-order valence-electron chi connectivity index (χ1n) is 5.67. The van der Waals surface area contributed by atoms with Crippen LogP contribution in [0, 0.1) is 6.08 Å². The number of hydrogen-bond donors (Lipinski definition) is 3. The molecule has 3 rings (SSSR count). The molecule has 3 aromatic rings. The molecule has 0 unspecified atom stereocenters. The monoisotopic (exact) mass is 258 g/mol. The van der Waals surface area contributed by atoms with E-state index in [2.05, 4.69) is 25.3 Å². The summed E-state index contributed by atoms with van der Waals surface area (Å²) in [5.41, 5.74) is 8.21. The van der Waals surface area contributed by atoms with Gasteiger partial charge >= 0.3 is 6.08 Å². The Balaban J connectivity index is 1.85. The molecule has 2 heterocycles. The van der Waals surface area contributed by atoms with Gasteiger partial charge < -0.3 is 16.0 Å². The van der Waals surface area contributed by atoms with Crippen LogP contribution in [0.1, 0.15) is 5.56 Å². The third-order valence-electron chi connectivity index (χ3n) is 2.70. The number of aromatic nitrogens is 4. The molecule has 0 atom stereocenters. The standard InChI is InChI=1S/C12H11FN6/c13-12-18-10(9-11(19-12)17-6-16-9)15-5-7-1-3-8(14)4-2-7/h1-4,6H,5,14H2,(H2,15,16,17,18,19). The lowest BCUT2D eigenvalue weighted by Gasteiger charge is -2.06. The quantitative estimate of drug-likeness (QED) is 0.491. The van der Waals surface area contributed by atoms with E-state index in [-0.39, 0.29) is 0 Å². The molecule has 0 radical (unpaired) electrons. The maximum atomic E-state index is 13.2. The summed E-state index contributed by atoms with van der Waals surface area (Å²) in [5.74, 6) is 0.386. The zero-order valence-electron chi connectivity index (χ0n) is 9.89. The second kappa shape index (κ2) is 4.52. The van der Waals surface area contributed by atoms with Crippen LogP contribution < -0.4 is 11.1 Å². The normalized spacial score (nSPS) is 10.8. The summed E-state index contributed by atoms with van der Waals surface area (Å²) in [6.45, 7) is 0.505. The van der Waals surface area contributed by atoms with Gasteiger partial charge in [0, 0.05) is 12.2 Å². The SMILES string of the molecule is Nc1ccc(CNc2nc(F)nc3nc[nH]c23)cc1. The van der Waals surface area contributed by atoms with Crippen molar-refractivity contribution in [1.82, 2.24) is 19.9 Å². The van der Waals surface area contributed by atoms with Crippen LogP contribution in [0.4, 0.5) is 15.9 Å². The highest BCUT2D eigenvalue weighted by molar-refractivity contribution is 5.81. The average Bonchev–Trinajstić information content (AvgIpc) is 2.85. The predicted octanol–water partition coefficient (Wildman–Crippen LogP) is 1.69. The van der Waals surface area contributed by atoms with Crippen molar-refractivity contribution in [3.63, 3.8) is 0 Å². The molecule has 0 aliphatic rings. The van der Waals surface area contributed by atoms with Crippen molar-refractivity contribution in [3.05, 3.63) is 42.2 Å². The molecule has 0 saturated carbocycles. The fraction of sp³-hybridized carbons (Fsp3) is 0.0833. The van der Waals surface area contributed by atoms with Crippen molar-refractivity contribution in [2.75, 3.05) is 11.1 Å². The lowest BCUT2D eigenvalue weighted by Crippen LogP contribution is -2.04. The zero-order valence-corrected chi connectivity index (χ0v) is 9.89. The van der Waals surface area contributed by atoms with Gasteiger partial charge in [-0.1, -0.05) is 12.1 Å². The summed E-state index contributed by atoms with van der Waals surface area (Å²) >= 11 is 0. The van der Waals surface area contributed by atoms with E-state index in [0.29, 0.717) is 29.2 Å². The highest BCUT2D eigenvalue weighted by Gasteiger charge is 2.09. The van der Waals surface area contributed by atoms with Crippen molar-refractivity contribution < 1.29 is 4.39 Å². The largest absolute Gasteiger partial charge is 0.399 e. The maximum absolute atomic E-state index is 13.2. The summed E-state index contributed by atoms with van der Waals surface area (Å²) < 4.78 is 13.2. The molecule has 0 amide bonds. The van der Waals surface area contributed by atoms with E-state index < -0.39 is 6.08 Å². The van der Waals surface area contributed by atoms with Gasteiger partial charge in [-0.3, -0.25) is 0 Å². The van der Waals surface area contributed by atoms with Gasteiger partial charge in [-0.05, 0) is 17.7 Å². The summed E-state index contributed by atoms with van der Waals surface area (Å²) in [5, 5.41) is 3.05. The molecule has 0 saturated heterocycles. The molecule has 0 aliphatic carbocycles. The molecule has 0 fully saturated rings. The van der Waals surface area contributed by atoms with Gasteiger partial charge in [-0.2, -0.15) is 14.4 Å². The Hall–Kier alpha value is -2.70. The fourth-order valence-corrected chi connectivity index (χ4v) is 1.76. The number of nitrogens with zero attached hydrogens (tertiary/aromatic N) is 3. The van der Waals surface area contributed by atoms with Crippen LogP contribution in [0.5, 0.6) is 0 Å². The number of H-pyrrole nitrogens is 1. The summed E-state index contributed by atoms with van der Waals surface area (Å²) in [4.78, 5) is 14.1. The molecule has 0 aliphatic heterocycles. The summed E-state index contributed by atoms with van der Waals surface area (Å²) in [6.07, 6.45) is 0.645. The number of nitrogens with two attached hydrogens (primary N) is 1. The highest BCUT2D eigenvalue weighted by atomic mass is 19.1. The molecule has 6 nitrogen and oxygen atoms in total. The number of rotatable bonds is 3. The van der Waals surface area contributed by atoms with E-state index in [4.69, 9.17) is 5.73 Å². The molecule has 4 N–H and O–H groups in total. The van der Waals surface area contributed by atoms with Crippen LogP contribution in [0.3, 0.4) is 0 Å². The Morgan fingerprint density at radius 3 is 2.79 bits per heavy atom. The van der Waals surface area contributed by atoms with Crippen LogP contribution in [-0.2, 0) is 6.54 Å². The van der Waals surface area contributed by atoms with E-state index in [0.717, 1.165) is 5.56 Å². The van der Waals surface area contributed by atoms with Crippen molar-refractivity contribution >= 4 is 22.7 Å². The van der Waals surface area contributed by atoms with Crippen LogP contribution >= 0.6 is 0 Å². The van der Waals surface area contributed by atoms with E-state index in [1.165, 1.54) is 6.33 Å². The second-order valence-electron chi connectivity index (χ2n) is 4.04. The van der Waals surface area contributed by atoms with E-state index >= 15 is 0 Å². The topological polar surface area (TPSA) is 92.5 Å². The number of halogens is 1. The molecular formula is C12H11FN6. The number of nitrogens with one attached hydrogen (secondary N) is 2. The second-order valence-corrected chi connectivity index (χ2v) is 4.04. The lowest BCUT2D eigenvalue weighted by atomic mass is 10.2. The predicted molar refractivity (Wildman–Crippen MR) is 69.8 cm³/mol. The zero-order chi connectivity index (χ0) is 13.2. The van der Waals surface area contributed by atoms with Crippen molar-refractivity contribution in [3.8, 4) is 0 Å². The number of nitrogen functional groups attached to an aromatic ring is 1. The molecular weight excluding hydrogens is 247 g/mol. The minimum atomic E-state index is -0.806. The average molecular weight is 258 g/mol. The molecule has 1 aromatic carbocycles. The van der Waals surface area contributed by atoms with Gasteiger partial charge in [0.1, 0.15) is 5.52 Å². The Labute approximate surface area is 107 Å². The van der Waals surface area contributed by atoms with Crippen molar-refractivity contribution in [1.29, 1.82) is 0 Å². The van der Waals surface area contributed by atoms with Crippen LogP contribution in [-0.4, -0.2) is 19.9 Å².